The Morgan fingerprint density at radius 1 is 1.08 bits per heavy atom. The first kappa shape index (κ1) is 17.8. The molecular weight excluding hydrogens is 332 g/mol. The molecule has 0 saturated carbocycles. The van der Waals surface area contributed by atoms with Gasteiger partial charge in [-0.1, -0.05) is 6.07 Å². The topological polar surface area (TPSA) is 84.3 Å². The molecule has 0 radical (unpaired) electrons. The highest BCUT2D eigenvalue weighted by Crippen LogP contribution is 2.14. The van der Waals surface area contributed by atoms with Gasteiger partial charge >= 0.3 is 0 Å². The fourth-order valence-electron chi connectivity index (χ4n) is 2.89. The van der Waals surface area contributed by atoms with E-state index in [9.17, 15) is 14.4 Å². The van der Waals surface area contributed by atoms with Gasteiger partial charge in [-0.25, -0.2) is 4.68 Å². The molecule has 0 atom stereocenters. The summed E-state index contributed by atoms with van der Waals surface area (Å²) in [6.07, 6.45) is 1.96. The molecule has 2 aromatic rings. The number of anilines is 1. The zero-order chi connectivity index (χ0) is 18.7. The SMILES string of the molecule is Cc1ccc(NC(=O)c2ccc(=O)n(CC(=O)N3CCCC3)n2)cc1C. The van der Waals surface area contributed by atoms with Crippen LogP contribution in [0, 0.1) is 13.8 Å². The van der Waals surface area contributed by atoms with E-state index in [-0.39, 0.29) is 18.1 Å². The summed E-state index contributed by atoms with van der Waals surface area (Å²) in [5.41, 5.74) is 2.55. The number of carbonyl (C=O) groups is 2. The Bertz CT molecular complexity index is 898. The van der Waals surface area contributed by atoms with Crippen molar-refractivity contribution >= 4 is 17.5 Å². The molecule has 2 heterocycles. The van der Waals surface area contributed by atoms with Gasteiger partial charge in [-0.15, -0.1) is 0 Å². The minimum Gasteiger partial charge on any atom is -0.341 e. The first-order chi connectivity index (χ1) is 12.4. The lowest BCUT2D eigenvalue weighted by Crippen LogP contribution is -2.36. The van der Waals surface area contributed by atoms with E-state index in [1.54, 1.807) is 4.90 Å². The van der Waals surface area contributed by atoms with Crippen LogP contribution in [0.25, 0.3) is 0 Å². The van der Waals surface area contributed by atoms with Crippen LogP contribution in [0.2, 0.25) is 0 Å². The van der Waals surface area contributed by atoms with Crippen molar-refractivity contribution < 1.29 is 9.59 Å². The van der Waals surface area contributed by atoms with Crippen molar-refractivity contribution in [1.29, 1.82) is 0 Å². The zero-order valence-electron chi connectivity index (χ0n) is 15.0. The summed E-state index contributed by atoms with van der Waals surface area (Å²) < 4.78 is 1.05. The van der Waals surface area contributed by atoms with Gasteiger partial charge in [0.25, 0.3) is 11.5 Å². The standard InChI is InChI=1S/C19H22N4O3/c1-13-5-6-15(11-14(13)2)20-19(26)16-7-8-17(24)23(21-16)12-18(25)22-9-3-4-10-22/h5-8,11H,3-4,9-10,12H2,1-2H3,(H,20,26). The van der Waals surface area contributed by atoms with Crippen LogP contribution in [0.5, 0.6) is 0 Å². The average Bonchev–Trinajstić information content (AvgIpc) is 3.15. The van der Waals surface area contributed by atoms with Crippen LogP contribution in [0.4, 0.5) is 5.69 Å². The number of likely N-dealkylation sites (tertiary alicyclic amines) is 1. The summed E-state index contributed by atoms with van der Waals surface area (Å²) in [4.78, 5) is 38.4. The molecule has 0 unspecified atom stereocenters. The van der Waals surface area contributed by atoms with Crippen LogP contribution in [-0.2, 0) is 11.3 Å². The smallest absolute Gasteiger partial charge is 0.276 e. The van der Waals surface area contributed by atoms with Crippen molar-refractivity contribution in [3.63, 3.8) is 0 Å². The maximum absolute atomic E-state index is 12.4. The largest absolute Gasteiger partial charge is 0.341 e. The molecule has 2 amide bonds. The maximum atomic E-state index is 12.4. The molecule has 3 rings (SSSR count). The molecule has 1 aliphatic heterocycles. The molecule has 1 aromatic carbocycles. The summed E-state index contributed by atoms with van der Waals surface area (Å²) >= 11 is 0. The third-order valence-corrected chi connectivity index (χ3v) is 4.61. The van der Waals surface area contributed by atoms with Crippen molar-refractivity contribution in [1.82, 2.24) is 14.7 Å². The van der Waals surface area contributed by atoms with Crippen molar-refractivity contribution in [3.8, 4) is 0 Å². The van der Waals surface area contributed by atoms with Gasteiger partial charge in [-0.2, -0.15) is 5.10 Å². The molecule has 0 spiro atoms. The lowest BCUT2D eigenvalue weighted by Gasteiger charge is -2.15. The molecule has 1 aliphatic rings. The van der Waals surface area contributed by atoms with E-state index in [2.05, 4.69) is 10.4 Å². The Morgan fingerprint density at radius 3 is 2.50 bits per heavy atom. The van der Waals surface area contributed by atoms with Crippen molar-refractivity contribution in [2.24, 2.45) is 0 Å². The van der Waals surface area contributed by atoms with Crippen LogP contribution < -0.4 is 10.9 Å². The third kappa shape index (κ3) is 3.99. The number of nitrogens with one attached hydrogen (secondary N) is 1. The minimum absolute atomic E-state index is 0.0945. The summed E-state index contributed by atoms with van der Waals surface area (Å²) in [6.45, 7) is 5.23. The molecule has 0 aliphatic carbocycles. The molecule has 26 heavy (non-hydrogen) atoms. The quantitative estimate of drug-likeness (QED) is 0.906. The zero-order valence-corrected chi connectivity index (χ0v) is 15.0. The van der Waals surface area contributed by atoms with Gasteiger partial charge in [0.15, 0.2) is 0 Å². The molecule has 1 aromatic heterocycles. The number of benzene rings is 1. The highest BCUT2D eigenvalue weighted by Gasteiger charge is 2.19. The van der Waals surface area contributed by atoms with Gasteiger partial charge in [-0.3, -0.25) is 14.4 Å². The Balaban J connectivity index is 1.75. The second-order valence-electron chi connectivity index (χ2n) is 6.56. The summed E-state index contributed by atoms with van der Waals surface area (Å²) in [5, 5.41) is 6.83. The second kappa shape index (κ2) is 7.51. The number of hydrogen-bond acceptors (Lipinski definition) is 4. The molecule has 1 fully saturated rings. The van der Waals surface area contributed by atoms with E-state index in [0.717, 1.165) is 28.7 Å². The second-order valence-corrected chi connectivity index (χ2v) is 6.56. The molecule has 136 valence electrons. The van der Waals surface area contributed by atoms with Gasteiger partial charge in [0.05, 0.1) is 0 Å². The number of aryl methyl sites for hydroxylation is 2. The first-order valence-corrected chi connectivity index (χ1v) is 8.68. The lowest BCUT2D eigenvalue weighted by atomic mass is 10.1. The Kier molecular flexibility index (Phi) is 5.16. The molecule has 1 N–H and O–H groups in total. The van der Waals surface area contributed by atoms with Crippen LogP contribution >= 0.6 is 0 Å². The van der Waals surface area contributed by atoms with Gasteiger partial charge in [0.1, 0.15) is 12.2 Å². The minimum atomic E-state index is -0.421. The molecule has 0 bridgehead atoms. The van der Waals surface area contributed by atoms with E-state index in [4.69, 9.17) is 0 Å². The normalized spacial score (nSPS) is 13.7. The van der Waals surface area contributed by atoms with E-state index in [1.807, 2.05) is 32.0 Å². The Hall–Kier alpha value is -2.96. The Labute approximate surface area is 151 Å². The fourth-order valence-corrected chi connectivity index (χ4v) is 2.89. The average molecular weight is 354 g/mol. The number of nitrogens with zero attached hydrogens (tertiary/aromatic N) is 3. The van der Waals surface area contributed by atoms with E-state index < -0.39 is 11.5 Å². The number of hydrogen-bond donors (Lipinski definition) is 1. The summed E-state index contributed by atoms with van der Waals surface area (Å²) in [6, 6.07) is 8.25. The number of carbonyl (C=O) groups excluding carboxylic acids is 2. The number of rotatable bonds is 4. The highest BCUT2D eigenvalue weighted by molar-refractivity contribution is 6.02. The van der Waals surface area contributed by atoms with Crippen molar-refractivity contribution in [3.05, 3.63) is 57.5 Å². The predicted octanol–water partition coefficient (Wildman–Crippen LogP) is 1.73. The maximum Gasteiger partial charge on any atom is 0.276 e. The van der Waals surface area contributed by atoms with Gasteiger partial charge in [-0.05, 0) is 56.0 Å². The van der Waals surface area contributed by atoms with Crippen LogP contribution in [0.15, 0.2) is 35.1 Å². The van der Waals surface area contributed by atoms with Gasteiger partial charge < -0.3 is 10.2 Å². The lowest BCUT2D eigenvalue weighted by molar-refractivity contribution is -0.131. The third-order valence-electron chi connectivity index (χ3n) is 4.61. The summed E-state index contributed by atoms with van der Waals surface area (Å²) in [5.74, 6) is -0.570. The Morgan fingerprint density at radius 2 is 1.81 bits per heavy atom. The van der Waals surface area contributed by atoms with E-state index in [0.29, 0.717) is 18.8 Å². The van der Waals surface area contributed by atoms with E-state index in [1.165, 1.54) is 12.1 Å². The number of aromatic nitrogens is 2. The fraction of sp³-hybridized carbons (Fsp3) is 0.368. The van der Waals surface area contributed by atoms with Crippen LogP contribution in [0.1, 0.15) is 34.5 Å². The highest BCUT2D eigenvalue weighted by atomic mass is 16.2. The predicted molar refractivity (Wildman–Crippen MR) is 98.2 cm³/mol. The monoisotopic (exact) mass is 354 g/mol. The first-order valence-electron chi connectivity index (χ1n) is 8.68. The number of amides is 2. The van der Waals surface area contributed by atoms with E-state index >= 15 is 0 Å². The molecule has 1 saturated heterocycles. The van der Waals surface area contributed by atoms with Gasteiger partial charge in [0.2, 0.25) is 5.91 Å². The van der Waals surface area contributed by atoms with Crippen LogP contribution in [0.3, 0.4) is 0 Å². The van der Waals surface area contributed by atoms with Crippen molar-refractivity contribution in [2.75, 3.05) is 18.4 Å². The molecule has 7 nitrogen and oxygen atoms in total. The van der Waals surface area contributed by atoms with Crippen LogP contribution in [-0.4, -0.2) is 39.6 Å². The molecular formula is C19H22N4O3. The van der Waals surface area contributed by atoms with Crippen molar-refractivity contribution in [2.45, 2.75) is 33.2 Å². The molecule has 7 heteroatoms. The summed E-state index contributed by atoms with van der Waals surface area (Å²) in [7, 11) is 0. The van der Waals surface area contributed by atoms with Gasteiger partial charge in [0, 0.05) is 24.8 Å².